The predicted octanol–water partition coefficient (Wildman–Crippen LogP) is 3.16. The average molecular weight is 284 g/mol. The van der Waals surface area contributed by atoms with Crippen molar-refractivity contribution in [3.8, 4) is 0 Å². The molecule has 1 atom stereocenters. The zero-order chi connectivity index (χ0) is 13.8. The van der Waals surface area contributed by atoms with Crippen LogP contribution in [0.4, 0.5) is 8.78 Å². The van der Waals surface area contributed by atoms with Gasteiger partial charge >= 0.3 is 0 Å². The van der Waals surface area contributed by atoms with E-state index in [1.807, 2.05) is 0 Å². The SMILES string of the molecule is OC(Cc1ccc(F)cc1F)Cc1ccncc1Cl. The largest absolute Gasteiger partial charge is 0.392 e. The van der Waals surface area contributed by atoms with Gasteiger partial charge in [0.1, 0.15) is 11.6 Å². The van der Waals surface area contributed by atoms with E-state index in [4.69, 9.17) is 11.6 Å². The van der Waals surface area contributed by atoms with Crippen LogP contribution in [0.3, 0.4) is 0 Å². The van der Waals surface area contributed by atoms with E-state index >= 15 is 0 Å². The Morgan fingerprint density at radius 3 is 2.58 bits per heavy atom. The van der Waals surface area contributed by atoms with Crippen LogP contribution in [0.15, 0.2) is 36.7 Å². The molecular formula is C14H12ClF2NO. The van der Waals surface area contributed by atoms with Crippen molar-refractivity contribution in [3.05, 3.63) is 64.4 Å². The molecule has 0 saturated heterocycles. The quantitative estimate of drug-likeness (QED) is 0.935. The Morgan fingerprint density at radius 1 is 1.16 bits per heavy atom. The van der Waals surface area contributed by atoms with E-state index in [1.54, 1.807) is 12.3 Å². The van der Waals surface area contributed by atoms with Crippen molar-refractivity contribution < 1.29 is 13.9 Å². The lowest BCUT2D eigenvalue weighted by atomic mass is 10.0. The van der Waals surface area contributed by atoms with Crippen LogP contribution >= 0.6 is 11.6 Å². The van der Waals surface area contributed by atoms with E-state index in [1.165, 1.54) is 18.3 Å². The van der Waals surface area contributed by atoms with E-state index in [9.17, 15) is 13.9 Å². The van der Waals surface area contributed by atoms with Crippen LogP contribution < -0.4 is 0 Å². The summed E-state index contributed by atoms with van der Waals surface area (Å²) in [7, 11) is 0. The van der Waals surface area contributed by atoms with Crippen molar-refractivity contribution in [2.45, 2.75) is 18.9 Å². The number of aromatic nitrogens is 1. The average Bonchev–Trinajstić information content (AvgIpc) is 2.36. The second-order valence-corrected chi connectivity index (χ2v) is 4.67. The Labute approximate surface area is 114 Å². The summed E-state index contributed by atoms with van der Waals surface area (Å²) in [6.45, 7) is 0. The zero-order valence-corrected chi connectivity index (χ0v) is 10.7. The molecule has 0 bridgehead atoms. The number of halogens is 3. The third kappa shape index (κ3) is 3.72. The third-order valence-corrected chi connectivity index (χ3v) is 3.12. The summed E-state index contributed by atoms with van der Waals surface area (Å²) in [6, 6.07) is 5.01. The standard InChI is InChI=1S/C14H12ClF2NO/c15-13-8-18-4-3-9(13)5-12(19)6-10-1-2-11(16)7-14(10)17/h1-4,7-8,12,19H,5-6H2. The van der Waals surface area contributed by atoms with Crippen molar-refractivity contribution >= 4 is 11.6 Å². The number of nitrogens with zero attached hydrogens (tertiary/aromatic N) is 1. The van der Waals surface area contributed by atoms with Crippen LogP contribution in [-0.4, -0.2) is 16.2 Å². The first-order chi connectivity index (χ1) is 9.06. The van der Waals surface area contributed by atoms with Crippen molar-refractivity contribution in [3.63, 3.8) is 0 Å². The molecule has 0 aliphatic rings. The van der Waals surface area contributed by atoms with Crippen LogP contribution in [0, 0.1) is 11.6 Å². The number of pyridine rings is 1. The van der Waals surface area contributed by atoms with E-state index in [0.29, 0.717) is 5.02 Å². The number of aliphatic hydroxyl groups excluding tert-OH is 1. The Hall–Kier alpha value is -1.52. The van der Waals surface area contributed by atoms with Gasteiger partial charge < -0.3 is 5.11 Å². The third-order valence-electron chi connectivity index (χ3n) is 2.78. The molecule has 0 saturated carbocycles. The molecule has 0 aliphatic carbocycles. The van der Waals surface area contributed by atoms with Crippen LogP contribution in [0.2, 0.25) is 5.02 Å². The van der Waals surface area contributed by atoms with Crippen molar-refractivity contribution in [2.75, 3.05) is 0 Å². The highest BCUT2D eigenvalue weighted by Crippen LogP contribution is 2.18. The smallest absolute Gasteiger partial charge is 0.129 e. The van der Waals surface area contributed by atoms with Gasteiger partial charge in [0.05, 0.1) is 11.1 Å². The van der Waals surface area contributed by atoms with Gasteiger partial charge in [-0.05, 0) is 23.3 Å². The second-order valence-electron chi connectivity index (χ2n) is 4.26. The molecule has 0 aliphatic heterocycles. The topological polar surface area (TPSA) is 33.1 Å². The van der Waals surface area contributed by atoms with Gasteiger partial charge in [-0.2, -0.15) is 0 Å². The lowest BCUT2D eigenvalue weighted by molar-refractivity contribution is 0.174. The van der Waals surface area contributed by atoms with Crippen molar-refractivity contribution in [1.82, 2.24) is 4.98 Å². The minimum atomic E-state index is -0.792. The van der Waals surface area contributed by atoms with Crippen LogP contribution in [0.1, 0.15) is 11.1 Å². The summed E-state index contributed by atoms with van der Waals surface area (Å²) in [4.78, 5) is 3.84. The molecule has 1 N–H and O–H groups in total. The second kappa shape index (κ2) is 6.08. The number of rotatable bonds is 4. The Morgan fingerprint density at radius 2 is 1.89 bits per heavy atom. The van der Waals surface area contributed by atoms with E-state index in [0.717, 1.165) is 11.6 Å². The Balaban J connectivity index is 2.05. The zero-order valence-electron chi connectivity index (χ0n) is 9.98. The first-order valence-corrected chi connectivity index (χ1v) is 6.14. The van der Waals surface area contributed by atoms with Gasteiger partial charge in [-0.1, -0.05) is 17.7 Å². The maximum Gasteiger partial charge on any atom is 0.129 e. The summed E-state index contributed by atoms with van der Waals surface area (Å²) in [5.74, 6) is -1.28. The normalized spacial score (nSPS) is 12.4. The molecule has 1 heterocycles. The fourth-order valence-corrected chi connectivity index (χ4v) is 2.03. The van der Waals surface area contributed by atoms with Gasteiger partial charge in [-0.15, -0.1) is 0 Å². The van der Waals surface area contributed by atoms with Gasteiger partial charge in [0, 0.05) is 31.3 Å². The van der Waals surface area contributed by atoms with E-state index in [-0.39, 0.29) is 18.4 Å². The maximum absolute atomic E-state index is 13.4. The molecule has 100 valence electrons. The lowest BCUT2D eigenvalue weighted by Crippen LogP contribution is -2.15. The number of hydrogen-bond acceptors (Lipinski definition) is 2. The molecule has 2 nitrogen and oxygen atoms in total. The van der Waals surface area contributed by atoms with Crippen molar-refractivity contribution in [1.29, 1.82) is 0 Å². The predicted molar refractivity (Wildman–Crippen MR) is 69.0 cm³/mol. The van der Waals surface area contributed by atoms with Crippen LogP contribution in [-0.2, 0) is 12.8 Å². The molecular weight excluding hydrogens is 272 g/mol. The molecule has 0 amide bonds. The molecule has 2 rings (SSSR count). The fraction of sp³-hybridized carbons (Fsp3) is 0.214. The van der Waals surface area contributed by atoms with Gasteiger partial charge in [0.15, 0.2) is 0 Å². The fourth-order valence-electron chi connectivity index (χ4n) is 1.84. The van der Waals surface area contributed by atoms with E-state index < -0.39 is 17.7 Å². The highest BCUT2D eigenvalue weighted by Gasteiger charge is 2.12. The maximum atomic E-state index is 13.4. The number of hydrogen-bond donors (Lipinski definition) is 1. The van der Waals surface area contributed by atoms with Gasteiger partial charge in [-0.25, -0.2) is 8.78 Å². The minimum absolute atomic E-state index is 0.102. The molecule has 1 aromatic carbocycles. The first kappa shape index (κ1) is 13.9. The Bertz CT molecular complexity index is 577. The molecule has 2 aromatic rings. The van der Waals surface area contributed by atoms with Crippen LogP contribution in [0.5, 0.6) is 0 Å². The highest BCUT2D eigenvalue weighted by atomic mass is 35.5. The molecule has 1 unspecified atom stereocenters. The lowest BCUT2D eigenvalue weighted by Gasteiger charge is -2.12. The minimum Gasteiger partial charge on any atom is -0.392 e. The van der Waals surface area contributed by atoms with Crippen molar-refractivity contribution in [2.24, 2.45) is 0 Å². The van der Waals surface area contributed by atoms with Gasteiger partial charge in [-0.3, -0.25) is 4.98 Å². The summed E-state index contributed by atoms with van der Waals surface area (Å²) >= 11 is 5.93. The first-order valence-electron chi connectivity index (χ1n) is 5.76. The summed E-state index contributed by atoms with van der Waals surface area (Å²) < 4.78 is 26.2. The van der Waals surface area contributed by atoms with Crippen LogP contribution in [0.25, 0.3) is 0 Å². The molecule has 0 radical (unpaired) electrons. The summed E-state index contributed by atoms with van der Waals surface area (Å²) in [6.07, 6.45) is 2.66. The monoisotopic (exact) mass is 283 g/mol. The van der Waals surface area contributed by atoms with E-state index in [2.05, 4.69) is 4.98 Å². The molecule has 5 heteroatoms. The molecule has 0 spiro atoms. The molecule has 19 heavy (non-hydrogen) atoms. The molecule has 1 aromatic heterocycles. The summed E-state index contributed by atoms with van der Waals surface area (Å²) in [5, 5.41) is 10.4. The Kier molecular flexibility index (Phi) is 4.45. The van der Waals surface area contributed by atoms with Gasteiger partial charge in [0.2, 0.25) is 0 Å². The highest BCUT2D eigenvalue weighted by molar-refractivity contribution is 6.31. The summed E-state index contributed by atoms with van der Waals surface area (Å²) in [5.41, 5.74) is 1.02. The number of benzene rings is 1. The van der Waals surface area contributed by atoms with Gasteiger partial charge in [0.25, 0.3) is 0 Å². The number of aliphatic hydroxyl groups is 1. The molecule has 0 fully saturated rings.